The Morgan fingerprint density at radius 2 is 1.17 bits per heavy atom. The van der Waals surface area contributed by atoms with E-state index in [0.29, 0.717) is 58.8 Å². The van der Waals surface area contributed by atoms with Gasteiger partial charge in [0, 0.05) is 25.8 Å². The Labute approximate surface area is 252 Å². The fraction of sp³-hybridized carbons (Fsp3) is 0.697. The number of nitrogens with one attached hydrogen (secondary N) is 1. The highest BCUT2D eigenvalue weighted by atomic mass is 16.5. The van der Waals surface area contributed by atoms with Gasteiger partial charge in [-0.05, 0) is 38.2 Å². The minimum absolute atomic E-state index is 0.0107. The second-order valence-electron chi connectivity index (χ2n) is 10.6. The summed E-state index contributed by atoms with van der Waals surface area (Å²) in [5.74, 6) is 0.0520. The number of hydrogen-bond acceptors (Lipinski definition) is 8. The molecule has 1 rings (SSSR count). The van der Waals surface area contributed by atoms with Crippen molar-refractivity contribution >= 4 is 23.4 Å². The van der Waals surface area contributed by atoms with Crippen LogP contribution in [0.2, 0.25) is 0 Å². The summed E-state index contributed by atoms with van der Waals surface area (Å²) in [7, 11) is 0. The zero-order valence-corrected chi connectivity index (χ0v) is 25.7. The van der Waals surface area contributed by atoms with Gasteiger partial charge in [0.15, 0.2) is 5.78 Å². The van der Waals surface area contributed by atoms with Crippen LogP contribution in [-0.4, -0.2) is 69.6 Å². The molecule has 0 saturated carbocycles. The van der Waals surface area contributed by atoms with Crippen LogP contribution >= 0.6 is 0 Å². The zero-order chi connectivity index (χ0) is 30.5. The third-order valence-electron chi connectivity index (χ3n) is 6.60. The summed E-state index contributed by atoms with van der Waals surface area (Å²) in [5.41, 5.74) is 0.997. The molecular formula is C33H53NO8. The lowest BCUT2D eigenvalue weighted by atomic mass is 10.1. The smallest absolute Gasteiger partial charge is 0.306 e. The molecule has 0 spiro atoms. The van der Waals surface area contributed by atoms with E-state index in [-0.39, 0.29) is 36.7 Å². The molecule has 42 heavy (non-hydrogen) atoms. The van der Waals surface area contributed by atoms with E-state index in [9.17, 15) is 19.2 Å². The van der Waals surface area contributed by atoms with Crippen LogP contribution in [0.25, 0.3) is 0 Å². The first-order chi connectivity index (χ1) is 20.5. The highest BCUT2D eigenvalue weighted by molar-refractivity contribution is 5.79. The van der Waals surface area contributed by atoms with Gasteiger partial charge in [0.05, 0.1) is 26.4 Å². The maximum atomic E-state index is 11.9. The highest BCUT2D eigenvalue weighted by Gasteiger charge is 2.05. The molecule has 9 heteroatoms. The molecular weight excluding hydrogens is 538 g/mol. The number of esters is 1. The average molecular weight is 592 g/mol. The van der Waals surface area contributed by atoms with Crippen molar-refractivity contribution in [1.82, 2.24) is 5.32 Å². The lowest BCUT2D eigenvalue weighted by Crippen LogP contribution is -2.29. The van der Waals surface area contributed by atoms with E-state index >= 15 is 0 Å². The number of amides is 1. The predicted octanol–water partition coefficient (Wildman–Crippen LogP) is 5.52. The van der Waals surface area contributed by atoms with Crippen LogP contribution in [0.4, 0.5) is 0 Å². The Bertz CT molecular complexity index is 846. The van der Waals surface area contributed by atoms with E-state index in [1.165, 1.54) is 0 Å². The van der Waals surface area contributed by atoms with Gasteiger partial charge in [0.1, 0.15) is 25.6 Å². The molecule has 0 fully saturated rings. The molecule has 1 N–H and O–H groups in total. The van der Waals surface area contributed by atoms with Gasteiger partial charge in [-0.1, -0.05) is 75.3 Å². The fourth-order valence-corrected chi connectivity index (χ4v) is 4.18. The largest absolute Gasteiger partial charge is 0.461 e. The van der Waals surface area contributed by atoms with Gasteiger partial charge in [-0.25, -0.2) is 0 Å². The number of ketones is 2. The number of benzene rings is 1. The van der Waals surface area contributed by atoms with Crippen LogP contribution < -0.4 is 5.32 Å². The van der Waals surface area contributed by atoms with Crippen LogP contribution in [0.3, 0.4) is 0 Å². The summed E-state index contributed by atoms with van der Waals surface area (Å²) >= 11 is 0. The minimum Gasteiger partial charge on any atom is -0.461 e. The summed E-state index contributed by atoms with van der Waals surface area (Å²) < 4.78 is 21.4. The second kappa shape index (κ2) is 27.2. The third-order valence-corrected chi connectivity index (χ3v) is 6.60. The van der Waals surface area contributed by atoms with Crippen molar-refractivity contribution in [2.45, 2.75) is 103 Å². The summed E-state index contributed by atoms with van der Waals surface area (Å²) in [5, 5.41) is 2.84. The summed E-state index contributed by atoms with van der Waals surface area (Å²) in [4.78, 5) is 46.4. The number of unbranched alkanes of at least 4 members (excludes halogenated alkanes) is 9. The Morgan fingerprint density at radius 1 is 0.619 bits per heavy atom. The number of Topliss-reactive ketones (excluding diaryl/α,β-unsaturated/α-hetero) is 2. The lowest BCUT2D eigenvalue weighted by Gasteiger charge is -2.08. The number of carbonyl (C=O) groups excluding carboxylic acids is 4. The molecule has 0 aliphatic heterocycles. The molecule has 238 valence electrons. The van der Waals surface area contributed by atoms with Crippen molar-refractivity contribution in [2.24, 2.45) is 0 Å². The van der Waals surface area contributed by atoms with Gasteiger partial charge in [-0.15, -0.1) is 0 Å². The molecule has 0 saturated heterocycles. The monoisotopic (exact) mass is 591 g/mol. The van der Waals surface area contributed by atoms with E-state index in [0.717, 1.165) is 76.2 Å². The standard InChI is InChI=1S/C33H53NO8/c1-29(35)16-10-5-4-8-15-21-34-32(37)28-41-25-23-39-22-24-40-27-31(36)19-13-6-2-3-7-14-20-33(38)42-26-30-17-11-9-12-18-30/h9,11-12,17-18H,2-8,10,13-16,19-28H2,1H3,(H,34,37). The molecule has 0 aliphatic rings. The predicted molar refractivity (Wildman–Crippen MR) is 162 cm³/mol. The van der Waals surface area contributed by atoms with Crippen molar-refractivity contribution in [3.63, 3.8) is 0 Å². The van der Waals surface area contributed by atoms with Gasteiger partial charge >= 0.3 is 5.97 Å². The third kappa shape index (κ3) is 25.1. The van der Waals surface area contributed by atoms with Crippen LogP contribution in [0.5, 0.6) is 0 Å². The van der Waals surface area contributed by atoms with Crippen LogP contribution in [0.1, 0.15) is 102 Å². The molecule has 1 amide bonds. The minimum atomic E-state index is -0.153. The van der Waals surface area contributed by atoms with Crippen LogP contribution in [0.15, 0.2) is 30.3 Å². The lowest BCUT2D eigenvalue weighted by molar-refractivity contribution is -0.145. The number of rotatable bonds is 29. The normalized spacial score (nSPS) is 10.9. The molecule has 9 nitrogen and oxygen atoms in total. The van der Waals surface area contributed by atoms with Crippen LogP contribution in [-0.2, 0) is 44.7 Å². The Kier molecular flexibility index (Phi) is 24.2. The molecule has 0 atom stereocenters. The maximum Gasteiger partial charge on any atom is 0.306 e. The van der Waals surface area contributed by atoms with Gasteiger partial charge < -0.3 is 29.1 Å². The zero-order valence-electron chi connectivity index (χ0n) is 25.7. The molecule has 0 aliphatic carbocycles. The van der Waals surface area contributed by atoms with Crippen molar-refractivity contribution in [2.75, 3.05) is 46.2 Å². The van der Waals surface area contributed by atoms with Crippen molar-refractivity contribution < 1.29 is 38.1 Å². The van der Waals surface area contributed by atoms with Gasteiger partial charge in [0.25, 0.3) is 0 Å². The maximum absolute atomic E-state index is 11.9. The quantitative estimate of drug-likeness (QED) is 0.0957. The first-order valence-corrected chi connectivity index (χ1v) is 15.7. The number of carbonyl (C=O) groups is 4. The van der Waals surface area contributed by atoms with E-state index in [4.69, 9.17) is 18.9 Å². The van der Waals surface area contributed by atoms with E-state index < -0.39 is 0 Å². The van der Waals surface area contributed by atoms with E-state index in [1.807, 2.05) is 30.3 Å². The molecule has 0 aromatic heterocycles. The molecule has 0 bridgehead atoms. The van der Waals surface area contributed by atoms with Crippen molar-refractivity contribution in [3.05, 3.63) is 35.9 Å². The van der Waals surface area contributed by atoms with Crippen molar-refractivity contribution in [3.8, 4) is 0 Å². The second-order valence-corrected chi connectivity index (χ2v) is 10.6. The topological polar surface area (TPSA) is 117 Å². The average Bonchev–Trinajstić information content (AvgIpc) is 2.98. The fourth-order valence-electron chi connectivity index (χ4n) is 4.18. The van der Waals surface area contributed by atoms with Crippen molar-refractivity contribution in [1.29, 1.82) is 0 Å². The van der Waals surface area contributed by atoms with Gasteiger partial charge in [-0.3, -0.25) is 14.4 Å². The van der Waals surface area contributed by atoms with E-state index in [1.54, 1.807) is 6.92 Å². The molecule has 0 unspecified atom stereocenters. The van der Waals surface area contributed by atoms with Crippen LogP contribution in [0, 0.1) is 0 Å². The molecule has 0 heterocycles. The Balaban J connectivity index is 1.78. The molecule has 0 radical (unpaired) electrons. The SMILES string of the molecule is CC(=O)CCCCCCCNC(=O)COCCOCCOCC(=O)CCCCCCCCC(=O)OCc1ccccc1. The summed E-state index contributed by atoms with van der Waals surface area (Å²) in [6, 6.07) is 9.67. The number of ether oxygens (including phenoxy) is 4. The number of hydrogen-bond donors (Lipinski definition) is 1. The Morgan fingerprint density at radius 3 is 1.83 bits per heavy atom. The van der Waals surface area contributed by atoms with Gasteiger partial charge in [-0.2, -0.15) is 0 Å². The molecule has 1 aromatic carbocycles. The summed E-state index contributed by atoms with van der Waals surface area (Å²) in [6.07, 6.45) is 12.4. The highest BCUT2D eigenvalue weighted by Crippen LogP contribution is 2.10. The summed E-state index contributed by atoms with van der Waals surface area (Å²) in [6.45, 7) is 4.09. The van der Waals surface area contributed by atoms with Gasteiger partial charge in [0.2, 0.25) is 5.91 Å². The first kappa shape index (κ1) is 37.4. The molecule has 1 aromatic rings. The first-order valence-electron chi connectivity index (χ1n) is 15.7. The van der Waals surface area contributed by atoms with E-state index in [2.05, 4.69) is 5.32 Å². The Hall–Kier alpha value is -2.62.